The van der Waals surface area contributed by atoms with E-state index in [-0.39, 0.29) is 0 Å². The number of hydrogen-bond donors (Lipinski definition) is 1. The molecule has 0 saturated carbocycles. The fourth-order valence-electron chi connectivity index (χ4n) is 3.18. The van der Waals surface area contributed by atoms with E-state index in [4.69, 9.17) is 4.98 Å². The van der Waals surface area contributed by atoms with Crippen molar-refractivity contribution in [2.45, 2.75) is 20.4 Å². The van der Waals surface area contributed by atoms with Crippen molar-refractivity contribution in [3.63, 3.8) is 0 Å². The quantitative estimate of drug-likeness (QED) is 0.556. The zero-order chi connectivity index (χ0) is 17.2. The molecule has 0 aliphatic rings. The number of aromatic nitrogens is 2. The topological polar surface area (TPSA) is 29.3 Å². The normalized spacial score (nSPS) is 11.0. The van der Waals surface area contributed by atoms with Crippen LogP contribution in [0, 0.1) is 13.8 Å². The average molecular weight is 327 g/mol. The second-order valence-electron chi connectivity index (χ2n) is 6.35. The molecule has 0 aliphatic heterocycles. The lowest BCUT2D eigenvalue weighted by Gasteiger charge is -2.10. The molecule has 2 aromatic carbocycles. The van der Waals surface area contributed by atoms with Gasteiger partial charge in [0.05, 0.1) is 0 Å². The molecule has 2 aromatic heterocycles. The van der Waals surface area contributed by atoms with Crippen LogP contribution in [-0.4, -0.2) is 9.38 Å². The molecule has 0 bridgehead atoms. The molecule has 0 unspecified atom stereocenters. The number of anilines is 1. The maximum absolute atomic E-state index is 4.96. The van der Waals surface area contributed by atoms with E-state index >= 15 is 0 Å². The average Bonchev–Trinajstić information content (AvgIpc) is 3.01. The first-order valence-corrected chi connectivity index (χ1v) is 8.55. The number of imidazole rings is 1. The van der Waals surface area contributed by atoms with Crippen molar-refractivity contribution < 1.29 is 0 Å². The summed E-state index contributed by atoms with van der Waals surface area (Å²) < 4.78 is 2.15. The fourth-order valence-corrected chi connectivity index (χ4v) is 3.18. The standard InChI is InChI=1S/C22H21N3/c1-16-9-6-7-13-19(16)20-22(23-15-18-11-4-3-5-12-18)25-14-8-10-17(2)21(25)24-20/h3-14,23H,15H2,1-2H3. The Bertz CT molecular complexity index is 1020. The zero-order valence-electron chi connectivity index (χ0n) is 14.5. The maximum Gasteiger partial charge on any atom is 0.142 e. The Kier molecular flexibility index (Phi) is 3.98. The van der Waals surface area contributed by atoms with Crippen LogP contribution in [0.2, 0.25) is 0 Å². The second-order valence-corrected chi connectivity index (χ2v) is 6.35. The van der Waals surface area contributed by atoms with Crippen molar-refractivity contribution in [2.75, 3.05) is 5.32 Å². The molecule has 3 heteroatoms. The Morgan fingerprint density at radius 3 is 2.36 bits per heavy atom. The lowest BCUT2D eigenvalue weighted by molar-refractivity contribution is 1.08. The van der Waals surface area contributed by atoms with E-state index in [0.717, 1.165) is 23.7 Å². The summed E-state index contributed by atoms with van der Waals surface area (Å²) in [5.41, 5.74) is 6.82. The predicted octanol–water partition coefficient (Wildman–Crippen LogP) is 5.23. The van der Waals surface area contributed by atoms with E-state index < -0.39 is 0 Å². The smallest absolute Gasteiger partial charge is 0.142 e. The third-order valence-electron chi connectivity index (χ3n) is 4.55. The van der Waals surface area contributed by atoms with Gasteiger partial charge in [0.25, 0.3) is 0 Å². The summed E-state index contributed by atoms with van der Waals surface area (Å²) in [5.74, 6) is 1.04. The molecule has 0 atom stereocenters. The molecule has 3 nitrogen and oxygen atoms in total. The minimum atomic E-state index is 0.765. The first-order chi connectivity index (χ1) is 12.2. The highest BCUT2D eigenvalue weighted by molar-refractivity contribution is 5.79. The van der Waals surface area contributed by atoms with Crippen molar-refractivity contribution in [3.8, 4) is 11.3 Å². The number of rotatable bonds is 4. The molecule has 2 heterocycles. The molecule has 124 valence electrons. The van der Waals surface area contributed by atoms with Gasteiger partial charge in [-0.2, -0.15) is 0 Å². The van der Waals surface area contributed by atoms with Crippen LogP contribution in [0.25, 0.3) is 16.9 Å². The molecular weight excluding hydrogens is 306 g/mol. The van der Waals surface area contributed by atoms with Crippen LogP contribution >= 0.6 is 0 Å². The van der Waals surface area contributed by atoms with E-state index in [1.54, 1.807) is 0 Å². The molecule has 0 saturated heterocycles. The number of benzene rings is 2. The lowest BCUT2D eigenvalue weighted by Crippen LogP contribution is -2.03. The van der Waals surface area contributed by atoms with Crippen LogP contribution in [0.3, 0.4) is 0 Å². The highest BCUT2D eigenvalue weighted by Gasteiger charge is 2.16. The minimum absolute atomic E-state index is 0.765. The summed E-state index contributed by atoms with van der Waals surface area (Å²) in [7, 11) is 0. The number of aryl methyl sites for hydroxylation is 2. The molecule has 4 aromatic rings. The molecule has 1 N–H and O–H groups in total. The van der Waals surface area contributed by atoms with Crippen LogP contribution in [-0.2, 0) is 6.54 Å². The van der Waals surface area contributed by atoms with Gasteiger partial charge < -0.3 is 5.32 Å². The van der Waals surface area contributed by atoms with Crippen molar-refractivity contribution in [1.82, 2.24) is 9.38 Å². The Morgan fingerprint density at radius 2 is 1.56 bits per heavy atom. The highest BCUT2D eigenvalue weighted by atomic mass is 15.1. The monoisotopic (exact) mass is 327 g/mol. The molecule has 0 amide bonds. The van der Waals surface area contributed by atoms with Crippen molar-refractivity contribution >= 4 is 11.5 Å². The second kappa shape index (κ2) is 6.44. The molecule has 0 aliphatic carbocycles. The number of fused-ring (bicyclic) bond motifs is 1. The Balaban J connectivity index is 1.84. The number of hydrogen-bond acceptors (Lipinski definition) is 2. The zero-order valence-corrected chi connectivity index (χ0v) is 14.5. The van der Waals surface area contributed by atoms with Gasteiger partial charge in [0.1, 0.15) is 17.2 Å². The van der Waals surface area contributed by atoms with E-state index in [1.165, 1.54) is 22.3 Å². The van der Waals surface area contributed by atoms with Crippen molar-refractivity contribution in [3.05, 3.63) is 89.6 Å². The van der Waals surface area contributed by atoms with Gasteiger partial charge in [0.2, 0.25) is 0 Å². The largest absolute Gasteiger partial charge is 0.365 e. The summed E-state index contributed by atoms with van der Waals surface area (Å²) in [6, 6.07) is 23.0. The molecule has 0 fully saturated rings. The van der Waals surface area contributed by atoms with Crippen LogP contribution < -0.4 is 5.32 Å². The van der Waals surface area contributed by atoms with Crippen LogP contribution in [0.5, 0.6) is 0 Å². The van der Waals surface area contributed by atoms with Crippen LogP contribution in [0.4, 0.5) is 5.82 Å². The van der Waals surface area contributed by atoms with Gasteiger partial charge in [-0.15, -0.1) is 0 Å². The summed E-state index contributed by atoms with van der Waals surface area (Å²) in [4.78, 5) is 4.96. The van der Waals surface area contributed by atoms with Gasteiger partial charge in [-0.05, 0) is 36.6 Å². The molecule has 0 spiro atoms. The molecule has 0 radical (unpaired) electrons. The third kappa shape index (κ3) is 2.89. The van der Waals surface area contributed by atoms with Crippen LogP contribution in [0.15, 0.2) is 72.9 Å². The highest BCUT2D eigenvalue weighted by Crippen LogP contribution is 2.32. The van der Waals surface area contributed by atoms with Gasteiger partial charge in [-0.25, -0.2) is 4.98 Å². The first kappa shape index (κ1) is 15.5. The van der Waals surface area contributed by atoms with Gasteiger partial charge in [0.15, 0.2) is 0 Å². The number of nitrogens with zero attached hydrogens (tertiary/aromatic N) is 2. The van der Waals surface area contributed by atoms with Crippen molar-refractivity contribution in [2.24, 2.45) is 0 Å². The molecular formula is C22H21N3. The lowest BCUT2D eigenvalue weighted by atomic mass is 10.1. The minimum Gasteiger partial charge on any atom is -0.365 e. The van der Waals surface area contributed by atoms with E-state index in [0.29, 0.717) is 0 Å². The van der Waals surface area contributed by atoms with E-state index in [2.05, 4.69) is 90.4 Å². The molecule has 4 rings (SSSR count). The van der Waals surface area contributed by atoms with Crippen LogP contribution in [0.1, 0.15) is 16.7 Å². The predicted molar refractivity (Wildman–Crippen MR) is 104 cm³/mol. The summed E-state index contributed by atoms with van der Waals surface area (Å²) in [6.07, 6.45) is 2.07. The van der Waals surface area contributed by atoms with E-state index in [9.17, 15) is 0 Å². The van der Waals surface area contributed by atoms with Gasteiger partial charge in [-0.1, -0.05) is 60.7 Å². The summed E-state index contributed by atoms with van der Waals surface area (Å²) >= 11 is 0. The summed E-state index contributed by atoms with van der Waals surface area (Å²) in [6.45, 7) is 5.00. The summed E-state index contributed by atoms with van der Waals surface area (Å²) in [5, 5.41) is 3.61. The van der Waals surface area contributed by atoms with Gasteiger partial charge in [0, 0.05) is 18.3 Å². The van der Waals surface area contributed by atoms with E-state index in [1.807, 2.05) is 6.07 Å². The number of nitrogens with one attached hydrogen (secondary N) is 1. The maximum atomic E-state index is 4.96. The SMILES string of the molecule is Cc1ccccc1-c1nc2c(C)cccn2c1NCc1ccccc1. The Labute approximate surface area is 148 Å². The first-order valence-electron chi connectivity index (χ1n) is 8.55. The Morgan fingerprint density at radius 1 is 0.840 bits per heavy atom. The Hall–Kier alpha value is -3.07. The number of pyridine rings is 1. The van der Waals surface area contributed by atoms with Gasteiger partial charge in [-0.3, -0.25) is 4.40 Å². The third-order valence-corrected chi connectivity index (χ3v) is 4.55. The fraction of sp³-hybridized carbons (Fsp3) is 0.136. The molecule has 25 heavy (non-hydrogen) atoms. The van der Waals surface area contributed by atoms with Gasteiger partial charge >= 0.3 is 0 Å². The van der Waals surface area contributed by atoms with Crippen molar-refractivity contribution in [1.29, 1.82) is 0 Å².